The molecule has 21 heavy (non-hydrogen) atoms. The van der Waals surface area contributed by atoms with Crippen molar-refractivity contribution in [3.63, 3.8) is 0 Å². The molecule has 0 unspecified atom stereocenters. The van der Waals surface area contributed by atoms with Crippen LogP contribution in [0.5, 0.6) is 0 Å². The molecule has 10 nitrogen and oxygen atoms in total. The van der Waals surface area contributed by atoms with E-state index in [0.29, 0.717) is 0 Å². The van der Waals surface area contributed by atoms with Gasteiger partial charge in [0.25, 0.3) is 5.69 Å². The molecule has 0 aromatic heterocycles. The first kappa shape index (κ1) is 16.7. The molecule has 1 aromatic carbocycles. The number of nitrogens with two attached hydrogens (primary N) is 2. The molecule has 0 spiro atoms. The number of nitrogen functional groups attached to an aromatic ring is 1. The number of carbonyl (C=O) groups excluding carboxylic acids is 1. The lowest BCUT2D eigenvalue weighted by Crippen LogP contribution is -2.29. The van der Waals surface area contributed by atoms with E-state index in [9.17, 15) is 23.3 Å². The summed E-state index contributed by atoms with van der Waals surface area (Å²) in [4.78, 5) is 20.1. The van der Waals surface area contributed by atoms with Crippen molar-refractivity contribution >= 4 is 27.5 Å². The van der Waals surface area contributed by atoms with Crippen LogP contribution in [-0.2, 0) is 14.8 Å². The molecule has 11 heteroatoms. The van der Waals surface area contributed by atoms with Crippen LogP contribution < -0.4 is 16.2 Å². The zero-order chi connectivity index (χ0) is 16.2. The van der Waals surface area contributed by atoms with Gasteiger partial charge in [-0.15, -0.1) is 0 Å². The van der Waals surface area contributed by atoms with E-state index in [1.807, 2.05) is 0 Å². The van der Waals surface area contributed by atoms with Crippen LogP contribution >= 0.6 is 0 Å². The molecule has 1 rings (SSSR count). The van der Waals surface area contributed by atoms with Crippen LogP contribution in [0.25, 0.3) is 0 Å². The van der Waals surface area contributed by atoms with Gasteiger partial charge >= 0.3 is 6.09 Å². The molecule has 116 valence electrons. The molecule has 0 atom stereocenters. The number of carbonyl (C=O) groups is 1. The van der Waals surface area contributed by atoms with E-state index in [-0.39, 0.29) is 29.3 Å². The van der Waals surface area contributed by atoms with Gasteiger partial charge in [-0.1, -0.05) is 0 Å². The van der Waals surface area contributed by atoms with E-state index >= 15 is 0 Å². The summed E-state index contributed by atoms with van der Waals surface area (Å²) in [6, 6.07) is 2.08. The molecule has 0 aliphatic rings. The van der Waals surface area contributed by atoms with Crippen molar-refractivity contribution in [2.75, 3.05) is 18.9 Å². The number of ether oxygens (including phenoxy) is 1. The van der Waals surface area contributed by atoms with Gasteiger partial charge in [0.05, 0.1) is 9.82 Å². The van der Waals surface area contributed by atoms with Crippen molar-refractivity contribution in [3.05, 3.63) is 27.8 Å². The smallest absolute Gasteiger partial charge is 0.404 e. The molecule has 0 aliphatic carbocycles. The third kappa shape index (κ3) is 4.29. The van der Waals surface area contributed by atoms with Gasteiger partial charge in [0.1, 0.15) is 12.3 Å². The van der Waals surface area contributed by atoms with E-state index in [1.165, 1.54) is 13.0 Å². The highest BCUT2D eigenvalue weighted by atomic mass is 32.2. The van der Waals surface area contributed by atoms with Crippen LogP contribution in [0.1, 0.15) is 5.56 Å². The van der Waals surface area contributed by atoms with Gasteiger partial charge in [-0.3, -0.25) is 10.1 Å². The Hall–Kier alpha value is -2.40. The molecule has 5 N–H and O–H groups in total. The highest BCUT2D eigenvalue weighted by molar-refractivity contribution is 7.89. The van der Waals surface area contributed by atoms with Crippen LogP contribution in [0.3, 0.4) is 0 Å². The minimum atomic E-state index is -4.00. The largest absolute Gasteiger partial charge is 0.448 e. The maximum atomic E-state index is 12.0. The fourth-order valence-corrected chi connectivity index (χ4v) is 2.81. The topological polar surface area (TPSA) is 168 Å². The maximum Gasteiger partial charge on any atom is 0.404 e. The summed E-state index contributed by atoms with van der Waals surface area (Å²) >= 11 is 0. The van der Waals surface area contributed by atoms with Crippen molar-refractivity contribution in [1.29, 1.82) is 0 Å². The number of nitrogens with zero attached hydrogens (tertiary/aromatic N) is 1. The van der Waals surface area contributed by atoms with Crippen molar-refractivity contribution in [1.82, 2.24) is 4.72 Å². The molecule has 0 bridgehead atoms. The van der Waals surface area contributed by atoms with Crippen LogP contribution in [-0.4, -0.2) is 32.6 Å². The van der Waals surface area contributed by atoms with Crippen LogP contribution in [0.2, 0.25) is 0 Å². The monoisotopic (exact) mass is 318 g/mol. The van der Waals surface area contributed by atoms with E-state index in [2.05, 4.69) is 9.46 Å². The van der Waals surface area contributed by atoms with Gasteiger partial charge < -0.3 is 16.2 Å². The maximum absolute atomic E-state index is 12.0. The molecular weight excluding hydrogens is 304 g/mol. The molecular formula is C10H14N4O6S. The number of nitro groups is 1. The Balaban J connectivity index is 3.00. The Morgan fingerprint density at radius 1 is 1.48 bits per heavy atom. The molecule has 0 saturated heterocycles. The molecule has 0 radical (unpaired) electrons. The number of benzene rings is 1. The van der Waals surface area contributed by atoms with E-state index in [0.717, 1.165) is 6.07 Å². The number of hydrogen-bond donors (Lipinski definition) is 3. The zero-order valence-corrected chi connectivity index (χ0v) is 11.8. The number of hydrogen-bond acceptors (Lipinski definition) is 7. The molecule has 0 saturated carbocycles. The standard InChI is InChI=1S/C10H14N4O6S/c1-6-4-7(11)8(14(16)17)5-9(6)21(18,19)13-2-3-20-10(12)15/h4-5,13H,2-3,11H2,1H3,(H2,12,15). The Morgan fingerprint density at radius 3 is 2.62 bits per heavy atom. The van der Waals surface area contributed by atoms with Crippen LogP contribution in [0, 0.1) is 17.0 Å². The van der Waals surface area contributed by atoms with Crippen molar-refractivity contribution in [2.45, 2.75) is 11.8 Å². The van der Waals surface area contributed by atoms with Crippen molar-refractivity contribution < 1.29 is 22.9 Å². The Kier molecular flexibility index (Phi) is 5.05. The number of amides is 1. The molecule has 0 heterocycles. The minimum absolute atomic E-state index is 0.131. The third-order valence-corrected chi connectivity index (χ3v) is 4.05. The lowest BCUT2D eigenvalue weighted by atomic mass is 10.2. The number of primary amides is 1. The normalized spacial score (nSPS) is 11.1. The van der Waals surface area contributed by atoms with Gasteiger partial charge in [0.2, 0.25) is 10.0 Å². The van der Waals surface area contributed by atoms with Crippen LogP contribution in [0.4, 0.5) is 16.2 Å². The fourth-order valence-electron chi connectivity index (χ4n) is 1.55. The van der Waals surface area contributed by atoms with Gasteiger partial charge in [-0.2, -0.15) is 0 Å². The summed E-state index contributed by atoms with van der Waals surface area (Å²) < 4.78 is 30.6. The van der Waals surface area contributed by atoms with E-state index < -0.39 is 26.7 Å². The Morgan fingerprint density at radius 2 is 2.10 bits per heavy atom. The Bertz CT molecular complexity index is 672. The molecule has 1 aromatic rings. The van der Waals surface area contributed by atoms with Gasteiger partial charge in [-0.25, -0.2) is 17.9 Å². The van der Waals surface area contributed by atoms with Gasteiger partial charge in [0, 0.05) is 12.6 Å². The Labute approximate surface area is 120 Å². The molecule has 1 amide bonds. The van der Waals surface area contributed by atoms with E-state index in [4.69, 9.17) is 11.5 Å². The molecule has 0 aliphatic heterocycles. The van der Waals surface area contributed by atoms with Gasteiger partial charge in [0.15, 0.2) is 0 Å². The predicted octanol–water partition coefficient (Wildman–Crippen LogP) is -0.141. The van der Waals surface area contributed by atoms with Crippen molar-refractivity contribution in [2.24, 2.45) is 5.73 Å². The first-order chi connectivity index (χ1) is 9.65. The number of aryl methyl sites for hydroxylation is 1. The average molecular weight is 318 g/mol. The third-order valence-electron chi connectivity index (χ3n) is 2.45. The average Bonchev–Trinajstić information content (AvgIpc) is 2.33. The second-order valence-corrected chi connectivity index (χ2v) is 5.73. The second-order valence-electron chi connectivity index (χ2n) is 4.00. The summed E-state index contributed by atoms with van der Waals surface area (Å²) in [7, 11) is -4.00. The number of rotatable bonds is 6. The summed E-state index contributed by atoms with van der Waals surface area (Å²) in [5, 5.41) is 10.8. The number of anilines is 1. The lowest BCUT2D eigenvalue weighted by molar-refractivity contribution is -0.384. The van der Waals surface area contributed by atoms with Gasteiger partial charge in [-0.05, 0) is 18.6 Å². The number of nitrogens with one attached hydrogen (secondary N) is 1. The predicted molar refractivity (Wildman–Crippen MR) is 73.0 cm³/mol. The number of sulfonamides is 1. The highest BCUT2D eigenvalue weighted by Gasteiger charge is 2.22. The minimum Gasteiger partial charge on any atom is -0.448 e. The summed E-state index contributed by atoms with van der Waals surface area (Å²) in [6.07, 6.45) is -1.03. The zero-order valence-electron chi connectivity index (χ0n) is 11.0. The second kappa shape index (κ2) is 6.37. The van der Waals surface area contributed by atoms with Crippen LogP contribution in [0.15, 0.2) is 17.0 Å². The van der Waals surface area contributed by atoms with Crippen molar-refractivity contribution in [3.8, 4) is 0 Å². The lowest BCUT2D eigenvalue weighted by Gasteiger charge is -2.10. The fraction of sp³-hybridized carbons (Fsp3) is 0.300. The quantitative estimate of drug-likeness (QED) is 0.284. The number of nitro benzene ring substituents is 1. The summed E-state index contributed by atoms with van der Waals surface area (Å²) in [5.41, 5.74) is 9.80. The SMILES string of the molecule is Cc1cc(N)c([N+](=O)[O-])cc1S(=O)(=O)NCCOC(N)=O. The summed E-state index contributed by atoms with van der Waals surface area (Å²) in [5.74, 6) is 0. The first-order valence-corrected chi connectivity index (χ1v) is 7.10. The summed E-state index contributed by atoms with van der Waals surface area (Å²) in [6.45, 7) is 0.974. The van der Waals surface area contributed by atoms with E-state index in [1.54, 1.807) is 0 Å². The first-order valence-electron chi connectivity index (χ1n) is 5.61. The highest BCUT2D eigenvalue weighted by Crippen LogP contribution is 2.28. The molecule has 0 fully saturated rings.